The highest BCUT2D eigenvalue weighted by molar-refractivity contribution is 7.16. The van der Waals surface area contributed by atoms with Gasteiger partial charge in [0.25, 0.3) is 0 Å². The normalized spacial score (nSPS) is 11.4. The van der Waals surface area contributed by atoms with Gasteiger partial charge in [-0.2, -0.15) is 0 Å². The minimum atomic E-state index is 0.749. The molecule has 522 valence electrons. The van der Waals surface area contributed by atoms with Crippen LogP contribution in [0.1, 0.15) is 190 Å². The Labute approximate surface area is 604 Å². The number of hydrogen-bond acceptors (Lipinski definition) is 0. The van der Waals surface area contributed by atoms with E-state index in [1.165, 1.54) is 110 Å². The van der Waals surface area contributed by atoms with Crippen molar-refractivity contribution in [3.05, 3.63) is 300 Å². The average Bonchev–Trinajstić information content (AvgIpc) is 1.66. The maximum Gasteiger partial charge on any atom is -0.0121 e. The first-order valence-corrected chi connectivity index (χ1v) is 40.8. The number of rotatable bonds is 10. The highest BCUT2D eigenvalue weighted by Gasteiger charge is 2.24. The Kier molecular flexibility index (Phi) is 64.3. The zero-order valence-corrected chi connectivity index (χ0v) is 69.5. The van der Waals surface area contributed by atoms with Gasteiger partial charge in [0.1, 0.15) is 0 Å². The van der Waals surface area contributed by atoms with Crippen molar-refractivity contribution in [3.8, 4) is 55.6 Å². The summed E-state index contributed by atoms with van der Waals surface area (Å²) < 4.78 is 0. The molecule has 2 aliphatic rings. The van der Waals surface area contributed by atoms with Crippen LogP contribution in [-0.4, -0.2) is 12.3 Å². The van der Waals surface area contributed by atoms with Gasteiger partial charge in [0.2, 0.25) is 0 Å². The molecule has 7 unspecified atom stereocenters. The molecular weight excluding hydrogens is 1250 g/mol. The molecule has 0 aliphatic heterocycles. The Bertz CT molecular complexity index is 3270. The van der Waals surface area contributed by atoms with Crippen LogP contribution in [-0.2, 0) is 37.7 Å². The fourth-order valence-electron chi connectivity index (χ4n) is 10.2. The minimum Gasteiger partial charge on any atom is -0.137 e. The number of fused-ring (bicyclic) bond motifs is 2. The molecular formula is C91H133P5. The Morgan fingerprint density at radius 1 is 0.271 bits per heavy atom. The first-order chi connectivity index (χ1) is 47.5. The predicted octanol–water partition coefficient (Wildman–Crippen LogP) is 29.7. The molecule has 0 saturated carbocycles. The lowest BCUT2D eigenvalue weighted by atomic mass is 9.95. The molecule has 0 nitrogen and oxygen atoms in total. The predicted molar refractivity (Wildman–Crippen MR) is 464 cm³/mol. The lowest BCUT2D eigenvalue weighted by Crippen LogP contribution is -1.99. The van der Waals surface area contributed by atoms with Gasteiger partial charge in [0.05, 0.1) is 0 Å². The van der Waals surface area contributed by atoms with E-state index in [9.17, 15) is 0 Å². The largest absolute Gasteiger partial charge is 0.137 e. The summed E-state index contributed by atoms with van der Waals surface area (Å²) in [5.41, 5.74) is 23.7. The van der Waals surface area contributed by atoms with Crippen molar-refractivity contribution in [2.45, 2.75) is 189 Å². The van der Waals surface area contributed by atoms with E-state index in [-0.39, 0.29) is 0 Å². The van der Waals surface area contributed by atoms with Crippen molar-refractivity contribution in [2.75, 3.05) is 12.3 Å². The summed E-state index contributed by atoms with van der Waals surface area (Å²) >= 11 is 0. The van der Waals surface area contributed by atoms with Crippen molar-refractivity contribution in [1.29, 1.82) is 0 Å². The van der Waals surface area contributed by atoms with Crippen molar-refractivity contribution in [3.63, 3.8) is 0 Å². The molecule has 7 atom stereocenters. The lowest BCUT2D eigenvalue weighted by Gasteiger charge is -2.11. The van der Waals surface area contributed by atoms with Crippen LogP contribution in [0.25, 0.3) is 55.6 Å². The van der Waals surface area contributed by atoms with Crippen LogP contribution in [0.2, 0.25) is 0 Å². The molecule has 96 heavy (non-hydrogen) atoms. The molecule has 0 heterocycles. The second-order valence-electron chi connectivity index (χ2n) is 19.3. The quantitative estimate of drug-likeness (QED) is 0.120. The van der Waals surface area contributed by atoms with Crippen molar-refractivity contribution in [2.24, 2.45) is 5.92 Å². The van der Waals surface area contributed by atoms with Crippen LogP contribution >= 0.6 is 46.2 Å². The molecule has 0 N–H and O–H groups in total. The molecule has 2 aliphatic carbocycles. The van der Waals surface area contributed by atoms with Gasteiger partial charge in [0.15, 0.2) is 0 Å². The summed E-state index contributed by atoms with van der Waals surface area (Å²) in [5, 5.41) is 0. The standard InChI is InChI=1S/2C16H17P.3C13H13P.10C2H6/c17-11-12-9-14-7-4-8-15(16(14)10-12)13-5-2-1-3-6-13;17-11-13-9-10-16-14(7-4-8-15(13)16)12-5-2-1-3-6-12;14-10-11-5-4-8-13(9-11)12-6-2-1-3-7-12;14-10-12-8-4-5-9-13(12)11-6-2-1-3-7-11;14-10-11-6-8-13(9-7-11)12-4-2-1-3-5-12;10*1-2/h1-8,12H,9-11,17H2;1-8,13H,9-11,17H2;3*1-9H,10,14H2;10*1-2H3. The maximum absolute atomic E-state index is 2.89. The minimum absolute atomic E-state index is 0.749. The van der Waals surface area contributed by atoms with E-state index in [0.29, 0.717) is 0 Å². The fourth-order valence-corrected chi connectivity index (χ4v) is 11.9. The van der Waals surface area contributed by atoms with E-state index >= 15 is 0 Å². The molecule has 5 heteroatoms. The van der Waals surface area contributed by atoms with E-state index < -0.39 is 0 Å². The van der Waals surface area contributed by atoms with Crippen LogP contribution < -0.4 is 0 Å². The fraction of sp³-hybridized carbons (Fsp3) is 0.341. The lowest BCUT2D eigenvalue weighted by molar-refractivity contribution is 0.639. The van der Waals surface area contributed by atoms with Crippen LogP contribution in [0, 0.1) is 5.92 Å². The average molecular weight is 1380 g/mol. The van der Waals surface area contributed by atoms with Crippen LogP contribution in [0.5, 0.6) is 0 Å². The van der Waals surface area contributed by atoms with Gasteiger partial charge < -0.3 is 0 Å². The van der Waals surface area contributed by atoms with Crippen molar-refractivity contribution in [1.82, 2.24) is 0 Å². The zero-order chi connectivity index (χ0) is 72.7. The van der Waals surface area contributed by atoms with Crippen molar-refractivity contribution < 1.29 is 0 Å². The molecule has 0 radical (unpaired) electrons. The Hall–Kier alpha value is -5.65. The molecule has 10 aromatic rings. The van der Waals surface area contributed by atoms with Gasteiger partial charge in [-0.1, -0.05) is 399 Å². The molecule has 0 amide bonds. The molecule has 0 saturated heterocycles. The van der Waals surface area contributed by atoms with Gasteiger partial charge in [-0.3, -0.25) is 0 Å². The second kappa shape index (κ2) is 65.3. The Morgan fingerprint density at radius 3 is 1.05 bits per heavy atom. The summed E-state index contributed by atoms with van der Waals surface area (Å²) in [4.78, 5) is 0. The highest BCUT2D eigenvalue weighted by atomic mass is 31.0. The van der Waals surface area contributed by atoms with Gasteiger partial charge in [-0.15, -0.1) is 46.2 Å². The maximum atomic E-state index is 2.89. The van der Waals surface area contributed by atoms with Gasteiger partial charge in [-0.25, -0.2) is 0 Å². The smallest absolute Gasteiger partial charge is 0.0121 e. The number of benzene rings is 10. The molecule has 0 spiro atoms. The second-order valence-corrected chi connectivity index (χ2v) is 21.5. The monoisotopic (exact) mass is 1380 g/mol. The van der Waals surface area contributed by atoms with Crippen LogP contribution in [0.15, 0.2) is 261 Å². The van der Waals surface area contributed by atoms with Gasteiger partial charge in [-0.05, 0) is 163 Å². The topological polar surface area (TPSA) is 0 Å². The first kappa shape index (κ1) is 94.5. The SMILES string of the molecule is CC.CC.CC.CC.CC.CC.CC.CC.CC.CC.PCC1CCc2c(-c3ccccc3)cccc21.PCC1Cc2cccc(-c3ccccc3)c2C1.PCc1ccc(-c2ccccc2)cc1.PCc1cccc(-c2ccccc2)c1.PCc1ccccc1-c1ccccc1. The van der Waals surface area contributed by atoms with Crippen molar-refractivity contribution >= 4 is 46.2 Å². The van der Waals surface area contributed by atoms with Gasteiger partial charge in [0, 0.05) is 0 Å². The zero-order valence-electron chi connectivity index (χ0n) is 63.7. The van der Waals surface area contributed by atoms with Gasteiger partial charge >= 0.3 is 0 Å². The highest BCUT2D eigenvalue weighted by Crippen LogP contribution is 2.40. The summed E-state index contributed by atoms with van der Waals surface area (Å²) in [5.74, 6) is 1.57. The third-order valence-corrected chi connectivity index (χ3v) is 17.0. The van der Waals surface area contributed by atoms with E-state index in [4.69, 9.17) is 0 Å². The van der Waals surface area contributed by atoms with E-state index in [1.807, 2.05) is 157 Å². The Balaban J connectivity index is -0.00000106. The molecule has 0 aromatic heterocycles. The molecule has 0 fully saturated rings. The van der Waals surface area contributed by atoms with E-state index in [2.05, 4.69) is 289 Å². The van der Waals surface area contributed by atoms with Crippen LogP contribution in [0.3, 0.4) is 0 Å². The summed E-state index contributed by atoms with van der Waals surface area (Å²) in [6, 6.07) is 92.4. The summed E-state index contributed by atoms with van der Waals surface area (Å²) in [6.07, 6.45) is 10.5. The van der Waals surface area contributed by atoms with Crippen LogP contribution in [0.4, 0.5) is 0 Å². The van der Waals surface area contributed by atoms with E-state index in [1.54, 1.807) is 22.3 Å². The molecule has 12 rings (SSSR count). The summed E-state index contributed by atoms with van der Waals surface area (Å²) in [7, 11) is 14.0. The first-order valence-electron chi connectivity index (χ1n) is 36.8. The summed E-state index contributed by atoms with van der Waals surface area (Å²) in [6.45, 7) is 40.0. The Morgan fingerprint density at radius 2 is 0.625 bits per heavy atom. The molecule has 0 bridgehead atoms. The molecule has 10 aromatic carbocycles. The third-order valence-electron chi connectivity index (χ3n) is 14.3. The third kappa shape index (κ3) is 34.2. The number of hydrogen-bond donors (Lipinski definition) is 0. The van der Waals surface area contributed by atoms with E-state index in [0.717, 1.165) is 30.3 Å².